The molecular weight excluding hydrogens is 427 g/mol. The van der Waals surface area contributed by atoms with Crippen molar-refractivity contribution in [3.63, 3.8) is 0 Å². The van der Waals surface area contributed by atoms with Gasteiger partial charge in [-0.3, -0.25) is 14.8 Å². The molecule has 1 saturated carbocycles. The number of nitrogens with one attached hydrogen (secondary N) is 2. The number of likely N-dealkylation sites (tertiary alicyclic amines) is 1. The van der Waals surface area contributed by atoms with Crippen molar-refractivity contribution in [3.05, 3.63) is 0 Å². The molecule has 5 aliphatic rings. The number of nitrogens with zero attached hydrogens (tertiary/aromatic N) is 4. The second-order valence-electron chi connectivity index (χ2n) is 8.11. The van der Waals surface area contributed by atoms with E-state index in [1.165, 1.54) is 78.0 Å². The summed E-state index contributed by atoms with van der Waals surface area (Å²) < 4.78 is 0. The van der Waals surface area contributed by atoms with E-state index in [0.29, 0.717) is 12.1 Å². The predicted octanol–water partition coefficient (Wildman–Crippen LogP) is 0.644. The Labute approximate surface area is 169 Å². The van der Waals surface area contributed by atoms with E-state index in [1.807, 2.05) is 7.05 Å². The van der Waals surface area contributed by atoms with Crippen LogP contribution in [-0.2, 0) is 0 Å². The van der Waals surface area contributed by atoms with Gasteiger partial charge in [-0.15, -0.1) is 24.0 Å². The predicted molar refractivity (Wildman–Crippen MR) is 114 cm³/mol. The van der Waals surface area contributed by atoms with Gasteiger partial charge in [0.2, 0.25) is 0 Å². The molecule has 0 aromatic carbocycles. The van der Waals surface area contributed by atoms with Crippen molar-refractivity contribution in [2.45, 2.75) is 37.8 Å². The maximum absolute atomic E-state index is 4.45. The lowest BCUT2D eigenvalue weighted by Gasteiger charge is -2.47. The molecule has 0 radical (unpaired) electrons. The topological polar surface area (TPSA) is 46.1 Å². The molecule has 4 saturated heterocycles. The highest BCUT2D eigenvalue weighted by Gasteiger charge is 2.32. The van der Waals surface area contributed by atoms with Gasteiger partial charge < -0.3 is 15.5 Å². The van der Waals surface area contributed by atoms with Crippen LogP contribution in [0.4, 0.5) is 0 Å². The molecule has 2 N–H and O–H groups in total. The SMILES string of the molecule is CN=C(NCC1CN2CCN1CC2)NC1CCN(CC2CC2)CC1.I. The van der Waals surface area contributed by atoms with E-state index >= 15 is 0 Å². The van der Waals surface area contributed by atoms with Gasteiger partial charge in [-0.2, -0.15) is 0 Å². The van der Waals surface area contributed by atoms with Crippen LogP contribution in [0.3, 0.4) is 0 Å². The molecule has 2 bridgehead atoms. The Morgan fingerprint density at radius 1 is 1.00 bits per heavy atom. The standard InChI is InChI=1S/C18H34N6.HI/c1-19-18(20-12-17-14-23-8-10-24(17)11-9-23)21-16-4-6-22(7-5-16)13-15-2-3-15;/h15-17H,2-14H2,1H3,(H2,19,20,21);1H. The Morgan fingerprint density at radius 2 is 1.72 bits per heavy atom. The van der Waals surface area contributed by atoms with Crippen molar-refractivity contribution >= 4 is 29.9 Å². The second kappa shape index (κ2) is 9.19. The molecular formula is C18H35IN6. The summed E-state index contributed by atoms with van der Waals surface area (Å²) in [6, 6.07) is 1.23. The first-order valence-electron chi connectivity index (χ1n) is 9.96. The van der Waals surface area contributed by atoms with Crippen molar-refractivity contribution < 1.29 is 0 Å². The Kier molecular flexibility index (Phi) is 7.22. The van der Waals surface area contributed by atoms with Gasteiger partial charge in [-0.25, -0.2) is 0 Å². The van der Waals surface area contributed by atoms with Crippen molar-refractivity contribution in [3.8, 4) is 0 Å². The van der Waals surface area contributed by atoms with E-state index in [-0.39, 0.29) is 24.0 Å². The lowest BCUT2D eigenvalue weighted by Crippen LogP contribution is -2.64. The number of rotatable bonds is 5. The molecule has 0 aromatic rings. The lowest BCUT2D eigenvalue weighted by molar-refractivity contribution is 0.0154. The first kappa shape index (κ1) is 19.6. The third-order valence-electron chi connectivity index (χ3n) is 6.26. The average molecular weight is 462 g/mol. The van der Waals surface area contributed by atoms with Crippen LogP contribution >= 0.6 is 24.0 Å². The van der Waals surface area contributed by atoms with E-state index in [4.69, 9.17) is 0 Å². The molecule has 4 aliphatic heterocycles. The van der Waals surface area contributed by atoms with Gasteiger partial charge in [-0.05, 0) is 31.6 Å². The number of hydrogen-bond donors (Lipinski definition) is 2. The number of hydrogen-bond acceptors (Lipinski definition) is 4. The molecule has 0 aromatic heterocycles. The summed E-state index contributed by atoms with van der Waals surface area (Å²) in [5.74, 6) is 2.01. The third-order valence-corrected chi connectivity index (χ3v) is 6.26. The van der Waals surface area contributed by atoms with E-state index in [9.17, 15) is 0 Å². The Balaban J connectivity index is 0.00000182. The van der Waals surface area contributed by atoms with Gasteiger partial charge in [0.25, 0.3) is 0 Å². The summed E-state index contributed by atoms with van der Waals surface area (Å²) in [7, 11) is 1.90. The molecule has 1 aliphatic carbocycles. The quantitative estimate of drug-likeness (QED) is 0.357. The van der Waals surface area contributed by atoms with E-state index in [1.54, 1.807) is 0 Å². The first-order valence-corrected chi connectivity index (χ1v) is 9.96. The first-order chi connectivity index (χ1) is 11.8. The molecule has 0 spiro atoms. The van der Waals surface area contributed by atoms with E-state index < -0.39 is 0 Å². The van der Waals surface area contributed by atoms with Crippen LogP contribution < -0.4 is 10.6 Å². The van der Waals surface area contributed by atoms with Crippen molar-refractivity contribution in [1.29, 1.82) is 0 Å². The lowest BCUT2D eigenvalue weighted by atomic mass is 10.0. The zero-order valence-corrected chi connectivity index (χ0v) is 18.0. The van der Waals surface area contributed by atoms with Crippen LogP contribution in [0.5, 0.6) is 0 Å². The second-order valence-corrected chi connectivity index (χ2v) is 8.11. The zero-order valence-electron chi connectivity index (χ0n) is 15.6. The third kappa shape index (κ3) is 5.43. The molecule has 144 valence electrons. The van der Waals surface area contributed by atoms with Gasteiger partial charge in [0, 0.05) is 78.0 Å². The summed E-state index contributed by atoms with van der Waals surface area (Å²) in [5, 5.41) is 7.24. The minimum Gasteiger partial charge on any atom is -0.355 e. The summed E-state index contributed by atoms with van der Waals surface area (Å²) >= 11 is 0. The summed E-state index contributed by atoms with van der Waals surface area (Å²) in [6.07, 6.45) is 5.42. The minimum atomic E-state index is 0. The van der Waals surface area contributed by atoms with Gasteiger partial charge in [0.1, 0.15) is 0 Å². The highest BCUT2D eigenvalue weighted by Crippen LogP contribution is 2.30. The Bertz CT molecular complexity index is 439. The number of piperazine rings is 3. The minimum absolute atomic E-state index is 0. The number of fused-ring (bicyclic) bond motifs is 3. The molecule has 5 fully saturated rings. The van der Waals surface area contributed by atoms with Crippen LogP contribution in [0.1, 0.15) is 25.7 Å². The fourth-order valence-electron chi connectivity index (χ4n) is 4.45. The Hall–Kier alpha value is -0.120. The molecule has 6 nitrogen and oxygen atoms in total. The Morgan fingerprint density at radius 3 is 2.28 bits per heavy atom. The number of aliphatic imine (C=N–C) groups is 1. The van der Waals surface area contributed by atoms with E-state index in [2.05, 4.69) is 30.3 Å². The monoisotopic (exact) mass is 462 g/mol. The van der Waals surface area contributed by atoms with Crippen molar-refractivity contribution in [2.24, 2.45) is 10.9 Å². The zero-order chi connectivity index (χ0) is 16.4. The average Bonchev–Trinajstić information content (AvgIpc) is 3.45. The molecule has 4 heterocycles. The maximum Gasteiger partial charge on any atom is 0.191 e. The van der Waals surface area contributed by atoms with Crippen LogP contribution in [0, 0.1) is 5.92 Å². The van der Waals surface area contributed by atoms with Gasteiger partial charge in [0.05, 0.1) is 0 Å². The van der Waals surface area contributed by atoms with Crippen LogP contribution in [-0.4, -0.2) is 98.7 Å². The summed E-state index contributed by atoms with van der Waals surface area (Å²) in [6.45, 7) is 11.0. The largest absolute Gasteiger partial charge is 0.355 e. The summed E-state index contributed by atoms with van der Waals surface area (Å²) in [5.41, 5.74) is 0. The van der Waals surface area contributed by atoms with E-state index in [0.717, 1.165) is 18.4 Å². The highest BCUT2D eigenvalue weighted by atomic mass is 127. The van der Waals surface area contributed by atoms with Gasteiger partial charge in [-0.1, -0.05) is 0 Å². The fraction of sp³-hybridized carbons (Fsp3) is 0.944. The molecule has 25 heavy (non-hydrogen) atoms. The van der Waals surface area contributed by atoms with Crippen LogP contribution in [0.15, 0.2) is 4.99 Å². The molecule has 1 atom stereocenters. The summed E-state index contributed by atoms with van der Waals surface area (Å²) in [4.78, 5) is 12.3. The smallest absolute Gasteiger partial charge is 0.191 e. The molecule has 5 rings (SSSR count). The van der Waals surface area contributed by atoms with Crippen LogP contribution in [0.2, 0.25) is 0 Å². The number of piperidine rings is 1. The van der Waals surface area contributed by atoms with Gasteiger partial charge in [0.15, 0.2) is 5.96 Å². The van der Waals surface area contributed by atoms with Crippen molar-refractivity contribution in [1.82, 2.24) is 25.3 Å². The van der Waals surface area contributed by atoms with Crippen molar-refractivity contribution in [2.75, 3.05) is 66.0 Å². The maximum atomic E-state index is 4.45. The van der Waals surface area contributed by atoms with Crippen LogP contribution in [0.25, 0.3) is 0 Å². The normalized spacial score (nSPS) is 33.8. The highest BCUT2D eigenvalue weighted by molar-refractivity contribution is 14.0. The van der Waals surface area contributed by atoms with Gasteiger partial charge >= 0.3 is 0 Å². The molecule has 7 heteroatoms. The molecule has 1 unspecified atom stereocenters. The molecule has 0 amide bonds. The number of guanidine groups is 1. The fourth-order valence-corrected chi connectivity index (χ4v) is 4.45. The number of halogens is 1.